The number of carboxylic acids is 1. The zero-order valence-electron chi connectivity index (χ0n) is 10.8. The molecule has 0 amide bonds. The van der Waals surface area contributed by atoms with Gasteiger partial charge in [-0.05, 0) is 6.08 Å². The highest BCUT2D eigenvalue weighted by Gasteiger charge is 2.37. The van der Waals surface area contributed by atoms with Gasteiger partial charge in [0.15, 0.2) is 6.23 Å². The number of H-pyrrole nitrogens is 1. The van der Waals surface area contributed by atoms with Crippen LogP contribution in [0.2, 0.25) is 0 Å². The highest BCUT2D eigenvalue weighted by atomic mass is 16.5. The number of hydrogen-bond acceptors (Lipinski definition) is 6. The molecule has 9 heteroatoms. The molecule has 2 heterocycles. The Bertz CT molecular complexity index is 675. The van der Waals surface area contributed by atoms with Crippen molar-refractivity contribution in [3.8, 4) is 0 Å². The number of ether oxygens (including phenoxy) is 1. The van der Waals surface area contributed by atoms with Crippen LogP contribution in [0, 0.1) is 5.92 Å². The van der Waals surface area contributed by atoms with E-state index < -0.39 is 35.5 Å². The molecule has 0 unspecified atom stereocenters. The summed E-state index contributed by atoms with van der Waals surface area (Å²) in [6.07, 6.45) is 0.719. The number of aromatic nitrogens is 2. The molecule has 9 nitrogen and oxygen atoms in total. The fraction of sp³-hybridized carbons (Fsp3) is 0.417. The van der Waals surface area contributed by atoms with E-state index in [4.69, 9.17) is 14.9 Å². The smallest absolute Gasteiger partial charge is 0.330 e. The van der Waals surface area contributed by atoms with Crippen LogP contribution in [-0.4, -0.2) is 50.2 Å². The summed E-state index contributed by atoms with van der Waals surface area (Å²) in [7, 11) is 0. The average molecular weight is 298 g/mol. The number of aliphatic carboxylic acids is 1. The molecule has 1 aromatic heterocycles. The van der Waals surface area contributed by atoms with Gasteiger partial charge >= 0.3 is 11.7 Å². The molecule has 0 aromatic carbocycles. The molecule has 1 fully saturated rings. The molecule has 0 radical (unpaired) electrons. The molecule has 114 valence electrons. The number of carbonyl (C=O) groups is 1. The largest absolute Gasteiger partial charge is 0.478 e. The quantitative estimate of drug-likeness (QED) is 0.477. The average Bonchev–Trinajstić information content (AvgIpc) is 2.78. The normalized spacial score (nSPS) is 25.5. The van der Waals surface area contributed by atoms with Gasteiger partial charge in [-0.15, -0.1) is 0 Å². The van der Waals surface area contributed by atoms with Crippen molar-refractivity contribution in [3.05, 3.63) is 38.7 Å². The van der Waals surface area contributed by atoms with Gasteiger partial charge < -0.3 is 20.1 Å². The monoisotopic (exact) mass is 298 g/mol. The molecule has 2 rings (SSSR count). The second-order valence-corrected chi connectivity index (χ2v) is 4.58. The van der Waals surface area contributed by atoms with Gasteiger partial charge in [0.25, 0.3) is 5.56 Å². The molecule has 0 bridgehead atoms. The van der Waals surface area contributed by atoms with Crippen molar-refractivity contribution in [2.24, 2.45) is 5.92 Å². The van der Waals surface area contributed by atoms with Crippen molar-refractivity contribution in [1.29, 1.82) is 0 Å². The molecule has 3 atom stereocenters. The van der Waals surface area contributed by atoms with E-state index in [1.807, 2.05) is 4.98 Å². The summed E-state index contributed by atoms with van der Waals surface area (Å²) in [4.78, 5) is 35.8. The summed E-state index contributed by atoms with van der Waals surface area (Å²) in [6, 6.07) is 0. The summed E-state index contributed by atoms with van der Waals surface area (Å²) in [5.74, 6) is -1.78. The zero-order chi connectivity index (χ0) is 15.6. The minimum absolute atomic E-state index is 0.0637. The van der Waals surface area contributed by atoms with Gasteiger partial charge in [-0.2, -0.15) is 0 Å². The molecule has 1 aromatic rings. The minimum Gasteiger partial charge on any atom is -0.478 e. The van der Waals surface area contributed by atoms with E-state index in [0.717, 1.165) is 22.9 Å². The van der Waals surface area contributed by atoms with E-state index in [1.54, 1.807) is 0 Å². The first-order valence-electron chi connectivity index (χ1n) is 6.11. The maximum Gasteiger partial charge on any atom is 0.330 e. The molecule has 21 heavy (non-hydrogen) atoms. The van der Waals surface area contributed by atoms with Gasteiger partial charge in [-0.1, -0.05) is 0 Å². The molecule has 0 aliphatic carbocycles. The van der Waals surface area contributed by atoms with Gasteiger partial charge in [0, 0.05) is 18.2 Å². The summed E-state index contributed by atoms with van der Waals surface area (Å²) in [5, 5.41) is 27.6. The Balaban J connectivity index is 2.41. The number of rotatable bonds is 4. The van der Waals surface area contributed by atoms with Crippen molar-refractivity contribution < 1.29 is 24.9 Å². The van der Waals surface area contributed by atoms with Gasteiger partial charge in [0.1, 0.15) is 6.10 Å². The number of hydrogen-bond donors (Lipinski definition) is 4. The van der Waals surface area contributed by atoms with E-state index in [2.05, 4.69) is 0 Å². The molecular formula is C12H14N2O7. The maximum atomic E-state index is 11.8. The Hall–Kier alpha value is -2.23. The van der Waals surface area contributed by atoms with Crippen LogP contribution in [0.1, 0.15) is 11.8 Å². The molecule has 0 spiro atoms. The van der Waals surface area contributed by atoms with Gasteiger partial charge in [0.2, 0.25) is 0 Å². The Morgan fingerprint density at radius 2 is 2.24 bits per heavy atom. The lowest BCUT2D eigenvalue weighted by Gasteiger charge is -2.18. The third-order valence-corrected chi connectivity index (χ3v) is 3.17. The van der Waals surface area contributed by atoms with Crippen molar-refractivity contribution in [2.75, 3.05) is 13.2 Å². The molecule has 4 N–H and O–H groups in total. The van der Waals surface area contributed by atoms with Crippen LogP contribution in [0.25, 0.3) is 6.08 Å². The van der Waals surface area contributed by atoms with E-state index in [9.17, 15) is 19.5 Å². The second-order valence-electron chi connectivity index (χ2n) is 4.58. The fourth-order valence-corrected chi connectivity index (χ4v) is 2.03. The van der Waals surface area contributed by atoms with Crippen LogP contribution >= 0.6 is 0 Å². The number of aliphatic hydroxyl groups is 2. The van der Waals surface area contributed by atoms with Crippen LogP contribution in [0.5, 0.6) is 0 Å². The highest BCUT2D eigenvalue weighted by molar-refractivity contribution is 5.85. The van der Waals surface area contributed by atoms with Crippen LogP contribution in [0.4, 0.5) is 0 Å². The van der Waals surface area contributed by atoms with Crippen LogP contribution in [0.3, 0.4) is 0 Å². The zero-order valence-corrected chi connectivity index (χ0v) is 10.8. The third kappa shape index (κ3) is 3.10. The van der Waals surface area contributed by atoms with Crippen LogP contribution in [-0.2, 0) is 9.53 Å². The Kier molecular flexibility index (Phi) is 4.36. The standard InChI is InChI=1S/C12H14N2O7/c15-4-7-5-21-11(9(7)18)14-3-6(1-2-8(16)17)10(19)13-12(14)20/h1-3,7,9,11,15,18H,4-5H2,(H,16,17)(H,13,19,20)/b2-1+/t7-,9+,11-/m1/s1. The lowest BCUT2D eigenvalue weighted by atomic mass is 10.1. The first-order valence-corrected chi connectivity index (χ1v) is 6.11. The van der Waals surface area contributed by atoms with E-state index in [0.29, 0.717) is 0 Å². The lowest BCUT2D eigenvalue weighted by Crippen LogP contribution is -2.37. The molecule has 1 saturated heterocycles. The second kappa shape index (κ2) is 6.04. The Labute approximate surface area is 117 Å². The van der Waals surface area contributed by atoms with E-state index >= 15 is 0 Å². The number of aliphatic hydroxyl groups excluding tert-OH is 2. The Morgan fingerprint density at radius 3 is 2.81 bits per heavy atom. The fourth-order valence-electron chi connectivity index (χ4n) is 2.03. The summed E-state index contributed by atoms with van der Waals surface area (Å²) >= 11 is 0. The summed E-state index contributed by atoms with van der Waals surface area (Å²) in [6.45, 7) is -0.240. The van der Waals surface area contributed by atoms with Crippen molar-refractivity contribution in [2.45, 2.75) is 12.3 Å². The predicted molar refractivity (Wildman–Crippen MR) is 69.6 cm³/mol. The number of carboxylic acid groups (broad SMARTS) is 1. The first-order chi connectivity index (χ1) is 9.93. The number of aromatic amines is 1. The van der Waals surface area contributed by atoms with Crippen molar-refractivity contribution in [1.82, 2.24) is 9.55 Å². The Morgan fingerprint density at radius 1 is 1.52 bits per heavy atom. The summed E-state index contributed by atoms with van der Waals surface area (Å²) in [5.41, 5.74) is -1.62. The van der Waals surface area contributed by atoms with Crippen molar-refractivity contribution >= 4 is 12.0 Å². The van der Waals surface area contributed by atoms with Crippen LogP contribution in [0.15, 0.2) is 21.9 Å². The van der Waals surface area contributed by atoms with Gasteiger partial charge in [0.05, 0.1) is 18.8 Å². The first kappa shape index (κ1) is 15.2. The maximum absolute atomic E-state index is 11.8. The number of nitrogens with one attached hydrogen (secondary N) is 1. The number of nitrogens with zero attached hydrogens (tertiary/aromatic N) is 1. The van der Waals surface area contributed by atoms with E-state index in [-0.39, 0.29) is 18.8 Å². The van der Waals surface area contributed by atoms with Crippen LogP contribution < -0.4 is 11.2 Å². The van der Waals surface area contributed by atoms with Gasteiger partial charge in [-0.25, -0.2) is 9.59 Å². The summed E-state index contributed by atoms with van der Waals surface area (Å²) < 4.78 is 6.21. The SMILES string of the molecule is O=C(O)/C=C/c1cn([C@@H]2OC[C@@H](CO)[C@@H]2O)c(=O)[nH]c1=O. The topological polar surface area (TPSA) is 142 Å². The molecule has 1 aliphatic rings. The minimum atomic E-state index is -1.25. The van der Waals surface area contributed by atoms with E-state index in [1.165, 1.54) is 0 Å². The molecule has 0 saturated carbocycles. The molecular weight excluding hydrogens is 284 g/mol. The molecule has 1 aliphatic heterocycles. The predicted octanol–water partition coefficient (Wildman–Crippen LogP) is -1.87. The van der Waals surface area contributed by atoms with Crippen molar-refractivity contribution in [3.63, 3.8) is 0 Å². The van der Waals surface area contributed by atoms with Gasteiger partial charge in [-0.3, -0.25) is 14.3 Å². The third-order valence-electron chi connectivity index (χ3n) is 3.17. The lowest BCUT2D eigenvalue weighted by molar-refractivity contribution is -0.131. The highest BCUT2D eigenvalue weighted by Crippen LogP contribution is 2.27.